The highest BCUT2D eigenvalue weighted by atomic mass is 35.5. The van der Waals surface area contributed by atoms with Crippen LogP contribution in [0.2, 0.25) is 5.02 Å². The molecule has 0 heterocycles. The lowest BCUT2D eigenvalue weighted by molar-refractivity contribution is -0.141. The van der Waals surface area contributed by atoms with E-state index in [0.717, 1.165) is 0 Å². The van der Waals surface area contributed by atoms with Gasteiger partial charge in [0.2, 0.25) is 11.8 Å². The first-order valence-electron chi connectivity index (χ1n) is 7.89. The Kier molecular flexibility index (Phi) is 10.9. The lowest BCUT2D eigenvalue weighted by atomic mass is 10.0. The molecule has 0 saturated heterocycles. The summed E-state index contributed by atoms with van der Waals surface area (Å²) in [6, 6.07) is 5.48. The molecule has 4 N–H and O–H groups in total. The van der Waals surface area contributed by atoms with Crippen molar-refractivity contribution in [3.05, 3.63) is 34.9 Å². The number of benzene rings is 1. The predicted octanol–water partition coefficient (Wildman–Crippen LogP) is 1.58. The maximum absolute atomic E-state index is 12.1. The number of carbonyl (C=O) groups excluding carboxylic acids is 3. The van der Waals surface area contributed by atoms with Gasteiger partial charge >= 0.3 is 5.97 Å². The molecule has 146 valence electrons. The molecule has 0 saturated carbocycles. The first kappa shape index (κ1) is 24.2. The number of esters is 1. The fourth-order valence-corrected chi connectivity index (χ4v) is 2.16. The summed E-state index contributed by atoms with van der Waals surface area (Å²) in [5, 5.41) is 5.73. The lowest BCUT2D eigenvalue weighted by Crippen LogP contribution is -2.47. The third-order valence-electron chi connectivity index (χ3n) is 3.65. The number of nitrogens with two attached hydrogens (primary N) is 1. The molecule has 0 spiro atoms. The van der Waals surface area contributed by atoms with E-state index in [-0.39, 0.29) is 31.3 Å². The normalized spacial score (nSPS) is 12.5. The second-order valence-corrected chi connectivity index (χ2v) is 6.38. The van der Waals surface area contributed by atoms with Crippen LogP contribution in [0.1, 0.15) is 31.9 Å². The third kappa shape index (κ3) is 8.03. The van der Waals surface area contributed by atoms with Gasteiger partial charge in [0.1, 0.15) is 0 Å². The molecule has 1 aromatic rings. The predicted molar refractivity (Wildman–Crippen MR) is 102 cm³/mol. The van der Waals surface area contributed by atoms with Gasteiger partial charge in [0.05, 0.1) is 32.2 Å². The number of hydrogen-bond acceptors (Lipinski definition) is 5. The first-order valence-corrected chi connectivity index (χ1v) is 8.27. The molecule has 2 amide bonds. The van der Waals surface area contributed by atoms with Gasteiger partial charge in [-0.25, -0.2) is 0 Å². The first-order chi connectivity index (χ1) is 11.7. The van der Waals surface area contributed by atoms with Gasteiger partial charge < -0.3 is 21.1 Å². The molecular weight excluding hydrogens is 381 g/mol. The number of hydrogen-bond donors (Lipinski definition) is 3. The zero-order valence-corrected chi connectivity index (χ0v) is 16.5. The molecule has 2 atom stereocenters. The van der Waals surface area contributed by atoms with Crippen molar-refractivity contribution in [1.82, 2.24) is 10.6 Å². The Bertz CT molecular complexity index is 609. The van der Waals surface area contributed by atoms with Crippen LogP contribution in [0.25, 0.3) is 0 Å². The summed E-state index contributed by atoms with van der Waals surface area (Å²) in [7, 11) is 1.27. The molecule has 0 bridgehead atoms. The molecule has 9 heteroatoms. The number of amides is 2. The minimum absolute atomic E-state index is 0. The van der Waals surface area contributed by atoms with Crippen LogP contribution in [0.4, 0.5) is 0 Å². The van der Waals surface area contributed by atoms with Crippen LogP contribution < -0.4 is 16.4 Å². The van der Waals surface area contributed by atoms with Crippen LogP contribution in [0.3, 0.4) is 0 Å². The van der Waals surface area contributed by atoms with E-state index in [1.165, 1.54) is 7.11 Å². The molecule has 0 aliphatic carbocycles. The zero-order valence-electron chi connectivity index (χ0n) is 15.0. The van der Waals surface area contributed by atoms with E-state index in [1.807, 2.05) is 13.8 Å². The number of methoxy groups -OCH3 is 1. The molecule has 0 unspecified atom stereocenters. The van der Waals surface area contributed by atoms with Crippen molar-refractivity contribution in [2.24, 2.45) is 11.7 Å². The highest BCUT2D eigenvalue weighted by Crippen LogP contribution is 2.19. The van der Waals surface area contributed by atoms with Crippen LogP contribution in [-0.2, 0) is 19.1 Å². The molecule has 0 aliphatic rings. The molecule has 26 heavy (non-hydrogen) atoms. The Labute approximate surface area is 164 Å². The second kappa shape index (κ2) is 11.7. The molecule has 1 rings (SSSR count). The Balaban J connectivity index is 0.00000625. The lowest BCUT2D eigenvalue weighted by Gasteiger charge is -2.19. The van der Waals surface area contributed by atoms with E-state index < -0.39 is 29.9 Å². The Morgan fingerprint density at radius 3 is 2.27 bits per heavy atom. The van der Waals surface area contributed by atoms with Crippen molar-refractivity contribution in [1.29, 1.82) is 0 Å². The fraction of sp³-hybridized carbons (Fsp3) is 0.471. The monoisotopic (exact) mass is 405 g/mol. The van der Waals surface area contributed by atoms with E-state index in [2.05, 4.69) is 15.4 Å². The largest absolute Gasteiger partial charge is 0.469 e. The number of halogens is 2. The minimum atomic E-state index is -0.685. The summed E-state index contributed by atoms with van der Waals surface area (Å²) in [6.07, 6.45) is -0.0384. The third-order valence-corrected chi connectivity index (χ3v) is 3.90. The average Bonchev–Trinajstić information content (AvgIpc) is 2.58. The Morgan fingerprint density at radius 1 is 1.19 bits per heavy atom. The van der Waals surface area contributed by atoms with Gasteiger partial charge in [-0.15, -0.1) is 12.4 Å². The van der Waals surface area contributed by atoms with Gasteiger partial charge in [0.15, 0.2) is 0 Å². The maximum Gasteiger partial charge on any atom is 0.307 e. The molecule has 0 aliphatic heterocycles. The highest BCUT2D eigenvalue weighted by Gasteiger charge is 2.21. The van der Waals surface area contributed by atoms with Gasteiger partial charge in [0, 0.05) is 5.02 Å². The summed E-state index contributed by atoms with van der Waals surface area (Å²) >= 11 is 5.86. The molecule has 0 radical (unpaired) electrons. The standard InChI is InChI=1S/C17H24ClN3O4.ClH/c1-10(2)16(19)17(24)20-9-14(22)21-13(8-15(23)25-3)11-4-6-12(18)7-5-11;/h4-7,10,13,16H,8-9,19H2,1-3H3,(H,20,24)(H,21,22);1H/t13-,16-;/m0./s1. The summed E-state index contributed by atoms with van der Waals surface area (Å²) in [5.74, 6) is -1.34. The van der Waals surface area contributed by atoms with Crippen molar-refractivity contribution in [3.8, 4) is 0 Å². The topological polar surface area (TPSA) is 111 Å². The molecule has 1 aromatic carbocycles. The molecule has 0 fully saturated rings. The maximum atomic E-state index is 12.1. The van der Waals surface area contributed by atoms with E-state index in [1.54, 1.807) is 24.3 Å². The van der Waals surface area contributed by atoms with E-state index in [4.69, 9.17) is 17.3 Å². The van der Waals surface area contributed by atoms with E-state index in [0.29, 0.717) is 10.6 Å². The highest BCUT2D eigenvalue weighted by molar-refractivity contribution is 6.30. The van der Waals surface area contributed by atoms with Gasteiger partial charge in [-0.05, 0) is 23.6 Å². The van der Waals surface area contributed by atoms with E-state index in [9.17, 15) is 14.4 Å². The summed E-state index contributed by atoms with van der Waals surface area (Å²) in [5.41, 5.74) is 6.42. The fourth-order valence-electron chi connectivity index (χ4n) is 2.03. The van der Waals surface area contributed by atoms with Crippen molar-refractivity contribution in [3.63, 3.8) is 0 Å². The van der Waals surface area contributed by atoms with Crippen molar-refractivity contribution in [2.45, 2.75) is 32.4 Å². The molecular formula is C17H25Cl2N3O4. The quantitative estimate of drug-likeness (QED) is 0.568. The Hall–Kier alpha value is -1.83. The summed E-state index contributed by atoms with van der Waals surface area (Å²) in [6.45, 7) is 3.40. The number of rotatable bonds is 8. The van der Waals surface area contributed by atoms with Gasteiger partial charge in [-0.1, -0.05) is 37.6 Å². The summed E-state index contributed by atoms with van der Waals surface area (Å²) in [4.78, 5) is 35.5. The van der Waals surface area contributed by atoms with Gasteiger partial charge in [-0.2, -0.15) is 0 Å². The molecule has 0 aromatic heterocycles. The minimum Gasteiger partial charge on any atom is -0.469 e. The van der Waals surface area contributed by atoms with Crippen molar-refractivity contribution >= 4 is 41.8 Å². The summed E-state index contributed by atoms with van der Waals surface area (Å²) < 4.78 is 4.66. The number of carbonyl (C=O) groups is 3. The van der Waals surface area contributed by atoms with Crippen LogP contribution in [0.5, 0.6) is 0 Å². The molecule has 7 nitrogen and oxygen atoms in total. The van der Waals surface area contributed by atoms with Crippen molar-refractivity contribution < 1.29 is 19.1 Å². The van der Waals surface area contributed by atoms with Crippen molar-refractivity contribution in [2.75, 3.05) is 13.7 Å². The Morgan fingerprint density at radius 2 is 1.77 bits per heavy atom. The average molecular weight is 406 g/mol. The van der Waals surface area contributed by atoms with Crippen LogP contribution in [-0.4, -0.2) is 37.5 Å². The van der Waals surface area contributed by atoms with Gasteiger partial charge in [-0.3, -0.25) is 14.4 Å². The van der Waals surface area contributed by atoms with Crippen LogP contribution >= 0.6 is 24.0 Å². The second-order valence-electron chi connectivity index (χ2n) is 5.94. The number of nitrogens with one attached hydrogen (secondary N) is 2. The smallest absolute Gasteiger partial charge is 0.307 e. The number of ether oxygens (including phenoxy) is 1. The van der Waals surface area contributed by atoms with Crippen LogP contribution in [0.15, 0.2) is 24.3 Å². The zero-order chi connectivity index (χ0) is 19.0. The van der Waals surface area contributed by atoms with Gasteiger partial charge in [0.25, 0.3) is 0 Å². The van der Waals surface area contributed by atoms with E-state index >= 15 is 0 Å². The SMILES string of the molecule is COC(=O)C[C@H](NC(=O)CNC(=O)[C@@H](N)C(C)C)c1ccc(Cl)cc1.Cl. The van der Waals surface area contributed by atoms with Crippen LogP contribution in [0, 0.1) is 5.92 Å².